The van der Waals surface area contributed by atoms with E-state index in [0.717, 1.165) is 28.1 Å². The molecule has 0 aliphatic carbocycles. The minimum Gasteiger partial charge on any atom is -0.326 e. The van der Waals surface area contributed by atoms with Crippen LogP contribution in [-0.4, -0.2) is 18.4 Å². The molecule has 0 radical (unpaired) electrons. The molecule has 1 atom stereocenters. The van der Waals surface area contributed by atoms with Gasteiger partial charge in [-0.25, -0.2) is 0 Å². The first-order valence-electron chi connectivity index (χ1n) is 8.29. The number of anilines is 2. The molecule has 0 saturated carbocycles. The number of hydrogen-bond donors (Lipinski definition) is 1. The van der Waals surface area contributed by atoms with Gasteiger partial charge in [0.1, 0.15) is 0 Å². The summed E-state index contributed by atoms with van der Waals surface area (Å²) in [7, 11) is 0. The van der Waals surface area contributed by atoms with Crippen LogP contribution in [0.3, 0.4) is 0 Å². The molecule has 0 aromatic heterocycles. The number of carbonyl (C=O) groups is 2. The Bertz CT molecular complexity index is 827. The van der Waals surface area contributed by atoms with Gasteiger partial charge in [-0.1, -0.05) is 23.7 Å². The van der Waals surface area contributed by atoms with Crippen LogP contribution in [0.5, 0.6) is 0 Å². The Kier molecular flexibility index (Phi) is 4.82. The van der Waals surface area contributed by atoms with Crippen molar-refractivity contribution in [2.24, 2.45) is 5.92 Å². The van der Waals surface area contributed by atoms with Gasteiger partial charge in [-0.05, 0) is 61.7 Å². The van der Waals surface area contributed by atoms with Crippen LogP contribution in [0.25, 0.3) is 0 Å². The maximum absolute atomic E-state index is 12.6. The summed E-state index contributed by atoms with van der Waals surface area (Å²) in [6, 6.07) is 11.4. The molecular formula is C20H21ClN2O2. The number of benzene rings is 2. The molecule has 1 aliphatic heterocycles. The van der Waals surface area contributed by atoms with Gasteiger partial charge >= 0.3 is 0 Å². The van der Waals surface area contributed by atoms with E-state index in [1.165, 1.54) is 0 Å². The molecule has 1 fully saturated rings. The third kappa shape index (κ3) is 3.85. The summed E-state index contributed by atoms with van der Waals surface area (Å²) in [5.41, 5.74) is 4.65. The van der Waals surface area contributed by atoms with Crippen molar-refractivity contribution in [2.45, 2.75) is 27.2 Å². The molecule has 1 heterocycles. The quantitative estimate of drug-likeness (QED) is 0.893. The molecule has 130 valence electrons. The topological polar surface area (TPSA) is 49.4 Å². The van der Waals surface area contributed by atoms with Gasteiger partial charge in [0.05, 0.1) is 5.92 Å². The highest BCUT2D eigenvalue weighted by Gasteiger charge is 2.35. The molecule has 25 heavy (non-hydrogen) atoms. The minimum atomic E-state index is -0.367. The highest BCUT2D eigenvalue weighted by Crippen LogP contribution is 2.29. The Morgan fingerprint density at radius 1 is 1.12 bits per heavy atom. The molecule has 1 N–H and O–H groups in total. The van der Waals surface area contributed by atoms with Crippen molar-refractivity contribution in [1.29, 1.82) is 0 Å². The van der Waals surface area contributed by atoms with Crippen molar-refractivity contribution in [2.75, 3.05) is 16.8 Å². The molecule has 3 rings (SSSR count). The van der Waals surface area contributed by atoms with E-state index in [1.807, 2.05) is 45.0 Å². The lowest BCUT2D eigenvalue weighted by Gasteiger charge is -2.17. The number of aryl methyl sites for hydroxylation is 3. The summed E-state index contributed by atoms with van der Waals surface area (Å²) >= 11 is 6.16. The maximum Gasteiger partial charge on any atom is 0.229 e. The Labute approximate surface area is 152 Å². The largest absolute Gasteiger partial charge is 0.326 e. The third-order valence-corrected chi connectivity index (χ3v) is 4.86. The van der Waals surface area contributed by atoms with Crippen LogP contribution in [0.1, 0.15) is 23.1 Å². The zero-order valence-corrected chi connectivity index (χ0v) is 15.4. The van der Waals surface area contributed by atoms with Crippen LogP contribution in [0.15, 0.2) is 36.4 Å². The fourth-order valence-corrected chi connectivity index (χ4v) is 3.35. The Hall–Kier alpha value is -2.33. The standard InChI is InChI=1S/C20H21ClN2O2/c1-12-6-13(2)8-16(7-12)22-20(25)15-9-19(24)23(11-15)17-5-4-14(3)18(21)10-17/h4-8,10,15H,9,11H2,1-3H3,(H,22,25)/t15-/m1/s1. The van der Waals surface area contributed by atoms with Crippen LogP contribution in [0.2, 0.25) is 5.02 Å². The van der Waals surface area contributed by atoms with Crippen molar-refractivity contribution in [3.8, 4) is 0 Å². The fraction of sp³-hybridized carbons (Fsp3) is 0.300. The molecule has 2 aromatic carbocycles. The SMILES string of the molecule is Cc1cc(C)cc(NC(=O)[C@@H]2CC(=O)N(c3ccc(C)c(Cl)c3)C2)c1. The minimum absolute atomic E-state index is 0.0551. The van der Waals surface area contributed by atoms with Crippen molar-refractivity contribution in [3.63, 3.8) is 0 Å². The molecule has 1 saturated heterocycles. The molecule has 1 aliphatic rings. The predicted molar refractivity (Wildman–Crippen MR) is 101 cm³/mol. The number of halogens is 1. The van der Waals surface area contributed by atoms with Gasteiger partial charge in [0.15, 0.2) is 0 Å². The van der Waals surface area contributed by atoms with E-state index in [9.17, 15) is 9.59 Å². The zero-order valence-electron chi connectivity index (χ0n) is 14.6. The van der Waals surface area contributed by atoms with E-state index >= 15 is 0 Å². The number of nitrogens with one attached hydrogen (secondary N) is 1. The predicted octanol–water partition coefficient (Wildman–Crippen LogP) is 4.26. The second-order valence-electron chi connectivity index (χ2n) is 6.70. The number of nitrogens with zero attached hydrogens (tertiary/aromatic N) is 1. The zero-order chi connectivity index (χ0) is 18.1. The second kappa shape index (κ2) is 6.89. The lowest BCUT2D eigenvalue weighted by Crippen LogP contribution is -2.28. The van der Waals surface area contributed by atoms with E-state index in [-0.39, 0.29) is 24.2 Å². The summed E-state index contributed by atoms with van der Waals surface area (Å²) in [5, 5.41) is 3.55. The van der Waals surface area contributed by atoms with E-state index in [1.54, 1.807) is 11.0 Å². The highest BCUT2D eigenvalue weighted by atomic mass is 35.5. The van der Waals surface area contributed by atoms with Gasteiger partial charge in [-0.3, -0.25) is 9.59 Å². The molecule has 0 unspecified atom stereocenters. The second-order valence-corrected chi connectivity index (χ2v) is 7.11. The van der Waals surface area contributed by atoms with Crippen molar-refractivity contribution in [3.05, 3.63) is 58.1 Å². The van der Waals surface area contributed by atoms with Gasteiger partial charge in [0.25, 0.3) is 0 Å². The summed E-state index contributed by atoms with van der Waals surface area (Å²) in [6.07, 6.45) is 0.210. The van der Waals surface area contributed by atoms with Crippen LogP contribution >= 0.6 is 11.6 Å². The van der Waals surface area contributed by atoms with E-state index in [0.29, 0.717) is 11.6 Å². The first-order valence-corrected chi connectivity index (χ1v) is 8.67. The average molecular weight is 357 g/mol. The van der Waals surface area contributed by atoms with Gasteiger partial charge < -0.3 is 10.2 Å². The molecule has 2 aromatic rings. The average Bonchev–Trinajstić information content (AvgIpc) is 2.91. The van der Waals surface area contributed by atoms with Crippen molar-refractivity contribution < 1.29 is 9.59 Å². The Morgan fingerprint density at radius 2 is 1.80 bits per heavy atom. The monoisotopic (exact) mass is 356 g/mol. The van der Waals surface area contributed by atoms with E-state index < -0.39 is 0 Å². The normalized spacial score (nSPS) is 17.0. The fourth-order valence-electron chi connectivity index (χ4n) is 3.17. The Morgan fingerprint density at radius 3 is 2.44 bits per heavy atom. The maximum atomic E-state index is 12.6. The van der Waals surface area contributed by atoms with Crippen molar-refractivity contribution in [1.82, 2.24) is 0 Å². The molecular weight excluding hydrogens is 336 g/mol. The van der Waals surface area contributed by atoms with Gasteiger partial charge in [-0.2, -0.15) is 0 Å². The van der Waals surface area contributed by atoms with Crippen LogP contribution in [0.4, 0.5) is 11.4 Å². The summed E-state index contributed by atoms with van der Waals surface area (Å²) in [4.78, 5) is 26.6. The third-order valence-electron chi connectivity index (χ3n) is 4.45. The Balaban J connectivity index is 1.73. The van der Waals surface area contributed by atoms with Crippen LogP contribution in [0, 0.1) is 26.7 Å². The van der Waals surface area contributed by atoms with Gasteiger partial charge in [0, 0.05) is 29.4 Å². The molecule has 5 heteroatoms. The van der Waals surface area contributed by atoms with Crippen LogP contribution < -0.4 is 10.2 Å². The lowest BCUT2D eigenvalue weighted by molar-refractivity contribution is -0.122. The number of carbonyl (C=O) groups excluding carboxylic acids is 2. The number of hydrogen-bond acceptors (Lipinski definition) is 2. The molecule has 2 amide bonds. The van der Waals surface area contributed by atoms with Crippen LogP contribution in [-0.2, 0) is 9.59 Å². The summed E-state index contributed by atoms with van der Waals surface area (Å²) < 4.78 is 0. The van der Waals surface area contributed by atoms with Gasteiger partial charge in [-0.15, -0.1) is 0 Å². The molecule has 0 bridgehead atoms. The first kappa shape index (κ1) is 17.5. The number of rotatable bonds is 3. The van der Waals surface area contributed by atoms with Gasteiger partial charge in [0.2, 0.25) is 11.8 Å². The smallest absolute Gasteiger partial charge is 0.229 e. The number of amides is 2. The first-order chi connectivity index (χ1) is 11.8. The van der Waals surface area contributed by atoms with E-state index in [2.05, 4.69) is 11.4 Å². The highest BCUT2D eigenvalue weighted by molar-refractivity contribution is 6.31. The lowest BCUT2D eigenvalue weighted by atomic mass is 10.1. The van der Waals surface area contributed by atoms with Crippen molar-refractivity contribution >= 4 is 34.8 Å². The molecule has 4 nitrogen and oxygen atoms in total. The molecule has 0 spiro atoms. The summed E-state index contributed by atoms with van der Waals surface area (Å²) in [5.74, 6) is -0.548. The summed E-state index contributed by atoms with van der Waals surface area (Å²) in [6.45, 7) is 6.27. The van der Waals surface area contributed by atoms with E-state index in [4.69, 9.17) is 11.6 Å².